The van der Waals surface area contributed by atoms with E-state index in [0.29, 0.717) is 50.5 Å². The molecule has 1 N–H and O–H groups in total. The number of ether oxygens (including phenoxy) is 4. The first kappa shape index (κ1) is 23.9. The lowest BCUT2D eigenvalue weighted by Gasteiger charge is -2.26. The number of fused-ring (bicyclic) bond motifs is 3. The minimum atomic E-state index is -0.559. The molecule has 1 aliphatic heterocycles. The van der Waals surface area contributed by atoms with Crippen molar-refractivity contribution >= 4 is 22.9 Å². The standard InChI is InChI=1S/C28H22O9/c1-33-21-9-5-16(11-23(21)35-14-25(31)34-2)19-12-24(30)37-22-10-8-18-27(32)20(13-36-28(18)26(19)22)15-3-6-17(29)7-4-15/h3-11,13,19,29H,12,14H2,1-2H3. The molecule has 0 saturated carbocycles. The molecule has 0 amide bonds. The zero-order chi connectivity index (χ0) is 26.1. The van der Waals surface area contributed by atoms with Crippen LogP contribution in [0.1, 0.15) is 23.5 Å². The van der Waals surface area contributed by atoms with E-state index in [1.54, 1.807) is 42.5 Å². The zero-order valence-electron chi connectivity index (χ0n) is 20.0. The Balaban J connectivity index is 1.63. The third-order valence-electron chi connectivity index (χ3n) is 6.22. The first-order chi connectivity index (χ1) is 17.9. The van der Waals surface area contributed by atoms with Crippen molar-refractivity contribution in [1.29, 1.82) is 0 Å². The van der Waals surface area contributed by atoms with Gasteiger partial charge in [0.25, 0.3) is 0 Å². The fourth-order valence-corrected chi connectivity index (χ4v) is 4.40. The SMILES string of the molecule is COC(=O)COc1cc(C2CC(=O)Oc3ccc4c(=O)c(-c5ccc(O)cc5)coc4c32)ccc1OC. The van der Waals surface area contributed by atoms with Gasteiger partial charge in [-0.15, -0.1) is 0 Å². The Bertz CT molecular complexity index is 1570. The van der Waals surface area contributed by atoms with Gasteiger partial charge in [0.05, 0.1) is 31.6 Å². The maximum Gasteiger partial charge on any atom is 0.343 e. The summed E-state index contributed by atoms with van der Waals surface area (Å²) in [6, 6.07) is 14.5. The average Bonchev–Trinajstić information content (AvgIpc) is 2.91. The highest BCUT2D eigenvalue weighted by Gasteiger charge is 2.33. The van der Waals surface area contributed by atoms with Crippen LogP contribution in [-0.4, -0.2) is 37.9 Å². The number of hydrogen-bond donors (Lipinski definition) is 1. The molecule has 0 bridgehead atoms. The predicted molar refractivity (Wildman–Crippen MR) is 132 cm³/mol. The normalized spacial score (nSPS) is 14.5. The van der Waals surface area contributed by atoms with E-state index in [9.17, 15) is 19.5 Å². The van der Waals surface area contributed by atoms with Gasteiger partial charge in [0, 0.05) is 11.5 Å². The van der Waals surface area contributed by atoms with E-state index in [1.165, 1.54) is 32.6 Å². The Morgan fingerprint density at radius 3 is 2.54 bits per heavy atom. The second-order valence-corrected chi connectivity index (χ2v) is 8.39. The van der Waals surface area contributed by atoms with Crippen molar-refractivity contribution in [2.75, 3.05) is 20.8 Å². The smallest absolute Gasteiger partial charge is 0.343 e. The molecule has 1 aliphatic rings. The molecule has 5 rings (SSSR count). The second-order valence-electron chi connectivity index (χ2n) is 8.39. The average molecular weight is 502 g/mol. The van der Waals surface area contributed by atoms with Crippen LogP contribution in [0.4, 0.5) is 0 Å². The van der Waals surface area contributed by atoms with Gasteiger partial charge in [-0.3, -0.25) is 9.59 Å². The number of phenols is 1. The number of carbonyl (C=O) groups excluding carboxylic acids is 2. The van der Waals surface area contributed by atoms with Crippen molar-refractivity contribution in [2.45, 2.75) is 12.3 Å². The Morgan fingerprint density at radius 2 is 1.81 bits per heavy atom. The third kappa shape index (κ3) is 4.47. The predicted octanol–water partition coefficient (Wildman–Crippen LogP) is 4.17. The first-order valence-corrected chi connectivity index (χ1v) is 11.4. The van der Waals surface area contributed by atoms with Crippen LogP contribution in [0, 0.1) is 0 Å². The number of hydrogen-bond acceptors (Lipinski definition) is 9. The van der Waals surface area contributed by atoms with Gasteiger partial charge in [-0.1, -0.05) is 18.2 Å². The Kier molecular flexibility index (Phi) is 6.27. The monoisotopic (exact) mass is 502 g/mol. The molecule has 9 nitrogen and oxygen atoms in total. The molecule has 0 spiro atoms. The van der Waals surface area contributed by atoms with Gasteiger partial charge in [-0.05, 0) is 47.5 Å². The summed E-state index contributed by atoms with van der Waals surface area (Å²) in [5.41, 5.74) is 2.20. The number of esters is 2. The summed E-state index contributed by atoms with van der Waals surface area (Å²) >= 11 is 0. The summed E-state index contributed by atoms with van der Waals surface area (Å²) in [4.78, 5) is 37.5. The lowest BCUT2D eigenvalue weighted by atomic mass is 9.85. The van der Waals surface area contributed by atoms with E-state index in [0.717, 1.165) is 0 Å². The molecule has 0 saturated heterocycles. The minimum absolute atomic E-state index is 0.00168. The minimum Gasteiger partial charge on any atom is -0.508 e. The lowest BCUT2D eigenvalue weighted by Crippen LogP contribution is -2.22. The van der Waals surface area contributed by atoms with Gasteiger partial charge < -0.3 is 28.5 Å². The van der Waals surface area contributed by atoms with Gasteiger partial charge in [0.1, 0.15) is 23.3 Å². The van der Waals surface area contributed by atoms with Crippen LogP contribution < -0.4 is 19.6 Å². The van der Waals surface area contributed by atoms with Crippen molar-refractivity contribution in [3.8, 4) is 34.1 Å². The highest BCUT2D eigenvalue weighted by atomic mass is 16.6. The Labute approximate surface area is 210 Å². The van der Waals surface area contributed by atoms with Crippen LogP contribution >= 0.6 is 0 Å². The third-order valence-corrected chi connectivity index (χ3v) is 6.22. The van der Waals surface area contributed by atoms with E-state index in [4.69, 9.17) is 18.6 Å². The molecular weight excluding hydrogens is 480 g/mol. The molecule has 3 aromatic carbocycles. The fourth-order valence-electron chi connectivity index (χ4n) is 4.40. The van der Waals surface area contributed by atoms with Crippen LogP contribution in [0.2, 0.25) is 0 Å². The Morgan fingerprint density at radius 1 is 1.03 bits per heavy atom. The molecule has 0 radical (unpaired) electrons. The maximum absolute atomic E-state index is 13.4. The highest BCUT2D eigenvalue weighted by molar-refractivity contribution is 5.90. The molecule has 4 aromatic rings. The number of phenolic OH excluding ortho intramolecular Hbond substituents is 1. The molecule has 0 fully saturated rings. The number of carbonyl (C=O) groups is 2. The fraction of sp³-hybridized carbons (Fsp3) is 0.179. The summed E-state index contributed by atoms with van der Waals surface area (Å²) in [5, 5.41) is 9.90. The van der Waals surface area contributed by atoms with Crippen molar-refractivity contribution in [2.24, 2.45) is 0 Å². The summed E-state index contributed by atoms with van der Waals surface area (Å²) in [5.74, 6) is -0.446. The molecular formula is C28H22O9. The van der Waals surface area contributed by atoms with Crippen LogP contribution in [0.5, 0.6) is 23.0 Å². The van der Waals surface area contributed by atoms with Crippen molar-refractivity contribution < 1.29 is 38.1 Å². The first-order valence-electron chi connectivity index (χ1n) is 11.4. The summed E-state index contributed by atoms with van der Waals surface area (Å²) in [6.07, 6.45) is 1.36. The molecule has 9 heteroatoms. The number of rotatable bonds is 6. The van der Waals surface area contributed by atoms with Gasteiger partial charge in [0.15, 0.2) is 18.1 Å². The summed E-state index contributed by atoms with van der Waals surface area (Å²) in [6.45, 7) is -0.322. The van der Waals surface area contributed by atoms with Crippen LogP contribution in [0.3, 0.4) is 0 Å². The van der Waals surface area contributed by atoms with Gasteiger partial charge >= 0.3 is 11.9 Å². The van der Waals surface area contributed by atoms with Gasteiger partial charge in [-0.2, -0.15) is 0 Å². The summed E-state index contributed by atoms with van der Waals surface area (Å²) in [7, 11) is 2.73. The van der Waals surface area contributed by atoms with Crippen LogP contribution in [0.15, 0.2) is 70.1 Å². The van der Waals surface area contributed by atoms with E-state index in [1.807, 2.05) is 0 Å². The van der Waals surface area contributed by atoms with E-state index in [2.05, 4.69) is 4.74 Å². The number of aromatic hydroxyl groups is 1. The number of methoxy groups -OCH3 is 2. The molecule has 1 unspecified atom stereocenters. The highest BCUT2D eigenvalue weighted by Crippen LogP contribution is 2.44. The zero-order valence-corrected chi connectivity index (χ0v) is 20.0. The van der Waals surface area contributed by atoms with E-state index in [-0.39, 0.29) is 24.2 Å². The molecule has 0 aliphatic carbocycles. The largest absolute Gasteiger partial charge is 0.508 e. The van der Waals surface area contributed by atoms with Crippen molar-refractivity contribution in [3.63, 3.8) is 0 Å². The second kappa shape index (κ2) is 9.69. The molecule has 1 aromatic heterocycles. The molecule has 188 valence electrons. The van der Waals surface area contributed by atoms with Crippen LogP contribution in [-0.2, 0) is 14.3 Å². The lowest BCUT2D eigenvalue weighted by molar-refractivity contribution is -0.143. The molecule has 37 heavy (non-hydrogen) atoms. The summed E-state index contributed by atoms with van der Waals surface area (Å²) < 4.78 is 27.1. The Hall–Kier alpha value is -4.79. The van der Waals surface area contributed by atoms with E-state index < -0.39 is 17.9 Å². The topological polar surface area (TPSA) is 122 Å². The molecule has 1 atom stereocenters. The van der Waals surface area contributed by atoms with Crippen molar-refractivity contribution in [1.82, 2.24) is 0 Å². The molecule has 2 heterocycles. The van der Waals surface area contributed by atoms with Crippen LogP contribution in [0.25, 0.3) is 22.1 Å². The van der Waals surface area contributed by atoms with E-state index >= 15 is 0 Å². The van der Waals surface area contributed by atoms with Gasteiger partial charge in [-0.25, -0.2) is 4.79 Å². The van der Waals surface area contributed by atoms with Crippen molar-refractivity contribution in [3.05, 3.63) is 82.2 Å². The maximum atomic E-state index is 13.4. The van der Waals surface area contributed by atoms with Gasteiger partial charge in [0.2, 0.25) is 5.43 Å². The number of benzene rings is 3. The quantitative estimate of drug-likeness (QED) is 0.306.